The van der Waals surface area contributed by atoms with Crippen LogP contribution in [0.2, 0.25) is 0 Å². The molecule has 0 unspecified atom stereocenters. The van der Waals surface area contributed by atoms with Crippen LogP contribution in [-0.2, 0) is 6.54 Å². The van der Waals surface area contributed by atoms with Gasteiger partial charge >= 0.3 is 0 Å². The third kappa shape index (κ3) is 3.20. The van der Waals surface area contributed by atoms with Crippen molar-refractivity contribution < 1.29 is 4.39 Å². The Morgan fingerprint density at radius 1 is 1.29 bits per heavy atom. The van der Waals surface area contributed by atoms with Gasteiger partial charge in [-0.2, -0.15) is 0 Å². The number of nitrogens with zero attached hydrogens (tertiary/aromatic N) is 4. The Bertz CT molecular complexity index is 604. The van der Waals surface area contributed by atoms with Crippen molar-refractivity contribution in [2.75, 3.05) is 5.73 Å². The van der Waals surface area contributed by atoms with Gasteiger partial charge in [0.1, 0.15) is 5.82 Å². The van der Waals surface area contributed by atoms with E-state index in [4.69, 9.17) is 5.73 Å². The summed E-state index contributed by atoms with van der Waals surface area (Å²) >= 11 is 0. The highest BCUT2D eigenvalue weighted by molar-refractivity contribution is 5.71. The molecule has 0 radical (unpaired) electrons. The zero-order valence-corrected chi connectivity index (χ0v) is 12.0. The van der Waals surface area contributed by atoms with Gasteiger partial charge in [-0.15, -0.1) is 5.10 Å². The molecule has 1 aromatic heterocycles. The molecule has 1 heterocycles. The molecule has 0 atom stereocenters. The van der Waals surface area contributed by atoms with Crippen LogP contribution in [0, 0.1) is 11.7 Å². The van der Waals surface area contributed by atoms with Crippen LogP contribution in [0.1, 0.15) is 38.5 Å². The summed E-state index contributed by atoms with van der Waals surface area (Å²) in [5.41, 5.74) is 6.95. The smallest absolute Gasteiger partial charge is 0.184 e. The third-order valence-electron chi connectivity index (χ3n) is 4.25. The number of hydrogen-bond donors (Lipinski definition) is 1. The van der Waals surface area contributed by atoms with E-state index in [1.54, 1.807) is 10.7 Å². The lowest BCUT2D eigenvalue weighted by atomic mass is 10.0. The van der Waals surface area contributed by atoms with E-state index >= 15 is 0 Å². The second-order valence-electron chi connectivity index (χ2n) is 5.75. The lowest BCUT2D eigenvalue weighted by Gasteiger charge is -2.10. The number of benzene rings is 1. The molecular weight excluding hydrogens is 269 g/mol. The minimum absolute atomic E-state index is 0.334. The summed E-state index contributed by atoms with van der Waals surface area (Å²) in [5.74, 6) is 1.06. The summed E-state index contributed by atoms with van der Waals surface area (Å²) in [6.07, 6.45) is 7.66. The van der Waals surface area contributed by atoms with Crippen molar-refractivity contribution in [2.45, 2.75) is 45.1 Å². The van der Waals surface area contributed by atoms with Gasteiger partial charge in [0, 0.05) is 17.8 Å². The summed E-state index contributed by atoms with van der Waals surface area (Å²) in [6.45, 7) is 0.745. The molecule has 2 aromatic rings. The second-order valence-corrected chi connectivity index (χ2v) is 5.75. The topological polar surface area (TPSA) is 69.6 Å². The van der Waals surface area contributed by atoms with E-state index in [-0.39, 0.29) is 5.82 Å². The molecule has 1 aliphatic rings. The standard InChI is InChI=1S/C15H20FN5/c16-12-7-8-14(17)13(10-12)15-18-19-20-21(15)9-3-6-11-4-1-2-5-11/h7-8,10-11H,1-6,9,17H2. The molecule has 1 aromatic carbocycles. The van der Waals surface area contributed by atoms with E-state index in [1.807, 2.05) is 0 Å². The van der Waals surface area contributed by atoms with E-state index in [1.165, 1.54) is 44.2 Å². The first kappa shape index (κ1) is 14.0. The van der Waals surface area contributed by atoms with Crippen LogP contribution in [0.15, 0.2) is 18.2 Å². The molecule has 5 nitrogen and oxygen atoms in total. The number of aryl methyl sites for hydroxylation is 1. The number of tetrazole rings is 1. The molecule has 0 spiro atoms. The molecule has 0 bridgehead atoms. The summed E-state index contributed by atoms with van der Waals surface area (Å²) in [4.78, 5) is 0. The Morgan fingerprint density at radius 3 is 2.90 bits per heavy atom. The molecule has 2 N–H and O–H groups in total. The Labute approximate surface area is 123 Å². The van der Waals surface area contributed by atoms with Crippen molar-refractivity contribution in [1.29, 1.82) is 0 Å². The summed E-state index contributed by atoms with van der Waals surface area (Å²) in [6, 6.07) is 4.27. The number of aromatic nitrogens is 4. The van der Waals surface area contributed by atoms with E-state index in [2.05, 4.69) is 15.5 Å². The van der Waals surface area contributed by atoms with Gasteiger partial charge in [0.25, 0.3) is 0 Å². The van der Waals surface area contributed by atoms with E-state index in [9.17, 15) is 4.39 Å². The van der Waals surface area contributed by atoms with E-state index in [0.29, 0.717) is 17.1 Å². The van der Waals surface area contributed by atoms with Crippen LogP contribution >= 0.6 is 0 Å². The Balaban J connectivity index is 1.69. The van der Waals surface area contributed by atoms with Gasteiger partial charge < -0.3 is 5.73 Å². The average Bonchev–Trinajstić information content (AvgIpc) is 3.13. The highest BCUT2D eigenvalue weighted by Gasteiger charge is 2.16. The fourth-order valence-corrected chi connectivity index (χ4v) is 3.10. The van der Waals surface area contributed by atoms with Crippen LogP contribution in [0.3, 0.4) is 0 Å². The first-order valence-electron chi connectivity index (χ1n) is 7.55. The molecule has 0 aliphatic heterocycles. The van der Waals surface area contributed by atoms with Crippen molar-refractivity contribution >= 4 is 5.69 Å². The largest absolute Gasteiger partial charge is 0.398 e. The maximum absolute atomic E-state index is 13.4. The van der Waals surface area contributed by atoms with Crippen molar-refractivity contribution in [2.24, 2.45) is 5.92 Å². The number of hydrogen-bond acceptors (Lipinski definition) is 4. The lowest BCUT2D eigenvalue weighted by molar-refractivity contribution is 0.444. The van der Waals surface area contributed by atoms with E-state index < -0.39 is 0 Å². The van der Waals surface area contributed by atoms with E-state index in [0.717, 1.165) is 18.9 Å². The molecule has 21 heavy (non-hydrogen) atoms. The quantitative estimate of drug-likeness (QED) is 0.859. The number of rotatable bonds is 5. The summed E-state index contributed by atoms with van der Waals surface area (Å²) < 4.78 is 15.1. The lowest BCUT2D eigenvalue weighted by Crippen LogP contribution is -2.06. The van der Waals surface area contributed by atoms with Gasteiger partial charge in [-0.05, 0) is 47.4 Å². The van der Waals surface area contributed by atoms with Gasteiger partial charge in [-0.1, -0.05) is 25.7 Å². The second kappa shape index (κ2) is 6.20. The molecule has 1 aliphatic carbocycles. The minimum Gasteiger partial charge on any atom is -0.398 e. The molecule has 112 valence electrons. The summed E-state index contributed by atoms with van der Waals surface area (Å²) in [5, 5.41) is 11.7. The number of nitrogens with two attached hydrogens (primary N) is 1. The normalized spacial score (nSPS) is 15.7. The molecule has 1 fully saturated rings. The fraction of sp³-hybridized carbons (Fsp3) is 0.533. The number of halogens is 1. The van der Waals surface area contributed by atoms with Crippen molar-refractivity contribution in [3.05, 3.63) is 24.0 Å². The van der Waals surface area contributed by atoms with Crippen LogP contribution < -0.4 is 5.73 Å². The molecule has 0 amide bonds. The average molecular weight is 289 g/mol. The Kier molecular flexibility index (Phi) is 4.13. The van der Waals surface area contributed by atoms with Crippen LogP contribution in [0.4, 0.5) is 10.1 Å². The highest BCUT2D eigenvalue weighted by Crippen LogP contribution is 2.29. The van der Waals surface area contributed by atoms with Crippen molar-refractivity contribution in [3.63, 3.8) is 0 Å². The molecular formula is C15H20FN5. The third-order valence-corrected chi connectivity index (χ3v) is 4.25. The SMILES string of the molecule is Nc1ccc(F)cc1-c1nnnn1CCCC1CCCC1. The van der Waals surface area contributed by atoms with Gasteiger partial charge in [-0.3, -0.25) is 0 Å². The van der Waals surface area contributed by atoms with Crippen LogP contribution in [0.5, 0.6) is 0 Å². The van der Waals surface area contributed by atoms with Gasteiger partial charge in [0.15, 0.2) is 5.82 Å². The maximum Gasteiger partial charge on any atom is 0.184 e. The van der Waals surface area contributed by atoms with Crippen LogP contribution in [-0.4, -0.2) is 20.2 Å². The Morgan fingerprint density at radius 2 is 2.10 bits per heavy atom. The van der Waals surface area contributed by atoms with Crippen molar-refractivity contribution in [3.8, 4) is 11.4 Å². The van der Waals surface area contributed by atoms with Gasteiger partial charge in [0.2, 0.25) is 0 Å². The first-order chi connectivity index (χ1) is 10.2. The molecule has 3 rings (SSSR count). The van der Waals surface area contributed by atoms with Crippen LogP contribution in [0.25, 0.3) is 11.4 Å². The molecule has 0 saturated heterocycles. The molecule has 6 heteroatoms. The zero-order valence-electron chi connectivity index (χ0n) is 12.0. The monoisotopic (exact) mass is 289 g/mol. The predicted octanol–water partition coefficient (Wildman–Crippen LogP) is 3.03. The zero-order chi connectivity index (χ0) is 14.7. The highest BCUT2D eigenvalue weighted by atomic mass is 19.1. The maximum atomic E-state index is 13.4. The predicted molar refractivity (Wildman–Crippen MR) is 78.8 cm³/mol. The Hall–Kier alpha value is -1.98. The minimum atomic E-state index is -0.334. The first-order valence-corrected chi connectivity index (χ1v) is 7.55. The summed E-state index contributed by atoms with van der Waals surface area (Å²) in [7, 11) is 0. The van der Waals surface area contributed by atoms with Crippen molar-refractivity contribution in [1.82, 2.24) is 20.2 Å². The van der Waals surface area contributed by atoms with Gasteiger partial charge in [0.05, 0.1) is 0 Å². The number of nitrogen functional groups attached to an aromatic ring is 1. The molecule has 1 saturated carbocycles. The number of anilines is 1. The van der Waals surface area contributed by atoms with Gasteiger partial charge in [-0.25, -0.2) is 9.07 Å². The fourth-order valence-electron chi connectivity index (χ4n) is 3.10.